The maximum absolute atomic E-state index is 8.51. The van der Waals surface area contributed by atoms with E-state index >= 15 is 0 Å². The quantitative estimate of drug-likeness (QED) is 0.637. The van der Waals surface area contributed by atoms with E-state index in [9.17, 15) is 0 Å². The van der Waals surface area contributed by atoms with Crippen LogP contribution in [0.3, 0.4) is 0 Å². The normalized spacial score (nSPS) is 12.5. The summed E-state index contributed by atoms with van der Waals surface area (Å²) < 4.78 is 0.747. The molecular formula is C7H6ClNS. The molecule has 1 aromatic rings. The molecule has 0 aliphatic heterocycles. The van der Waals surface area contributed by atoms with Crippen molar-refractivity contribution in [3.8, 4) is 6.07 Å². The average Bonchev–Trinajstić information content (AvgIpc) is 2.34. The molecule has 0 amide bonds. The number of halogens is 1. The number of hydrogen-bond donors (Lipinski definition) is 0. The van der Waals surface area contributed by atoms with Crippen LogP contribution in [0.4, 0.5) is 0 Å². The Kier molecular flexibility index (Phi) is 2.31. The van der Waals surface area contributed by atoms with E-state index < -0.39 is 0 Å². The predicted octanol–water partition coefficient (Wildman–Crippen LogP) is 3.03. The van der Waals surface area contributed by atoms with Gasteiger partial charge < -0.3 is 0 Å². The summed E-state index contributed by atoms with van der Waals surface area (Å²) in [5, 5.41) is 8.51. The zero-order chi connectivity index (χ0) is 7.56. The van der Waals surface area contributed by atoms with Crippen LogP contribution < -0.4 is 0 Å². The molecule has 0 spiro atoms. The molecule has 0 saturated heterocycles. The Morgan fingerprint density at radius 3 is 2.80 bits per heavy atom. The van der Waals surface area contributed by atoms with Crippen molar-refractivity contribution in [1.82, 2.24) is 0 Å². The predicted molar refractivity (Wildman–Crippen MR) is 43.4 cm³/mol. The smallest absolute Gasteiger partial charge is 0.0931 e. The minimum absolute atomic E-state index is 0.0301. The summed E-state index contributed by atoms with van der Waals surface area (Å²) >= 11 is 7.13. The standard InChI is InChI=1S/C7H6ClNS/c1-5(4-9)6-2-3-7(8)10-6/h2-3,5H,1H3. The van der Waals surface area contributed by atoms with Gasteiger partial charge in [0.05, 0.1) is 16.3 Å². The van der Waals surface area contributed by atoms with Crippen LogP contribution in [0.2, 0.25) is 4.34 Å². The first-order valence-corrected chi connectivity index (χ1v) is 4.08. The fourth-order valence-corrected chi connectivity index (χ4v) is 1.68. The van der Waals surface area contributed by atoms with E-state index in [1.54, 1.807) is 0 Å². The maximum atomic E-state index is 8.51. The lowest BCUT2D eigenvalue weighted by molar-refractivity contribution is 1.01. The van der Waals surface area contributed by atoms with Crippen LogP contribution in [-0.2, 0) is 0 Å². The minimum Gasteiger partial charge on any atom is -0.198 e. The summed E-state index contributed by atoms with van der Waals surface area (Å²) in [5.41, 5.74) is 0. The lowest BCUT2D eigenvalue weighted by Gasteiger charge is -1.92. The summed E-state index contributed by atoms with van der Waals surface area (Å²) in [5.74, 6) is -0.0301. The maximum Gasteiger partial charge on any atom is 0.0931 e. The van der Waals surface area contributed by atoms with Crippen LogP contribution in [-0.4, -0.2) is 0 Å². The lowest BCUT2D eigenvalue weighted by Crippen LogP contribution is -1.81. The molecule has 0 aromatic carbocycles. The molecule has 0 N–H and O–H groups in total. The van der Waals surface area contributed by atoms with Gasteiger partial charge in [0.25, 0.3) is 0 Å². The van der Waals surface area contributed by atoms with Crippen molar-refractivity contribution < 1.29 is 0 Å². The summed E-state index contributed by atoms with van der Waals surface area (Å²) in [7, 11) is 0. The average molecular weight is 172 g/mol. The van der Waals surface area contributed by atoms with E-state index in [4.69, 9.17) is 16.9 Å². The molecule has 0 fully saturated rings. The Hall–Kier alpha value is -0.520. The summed E-state index contributed by atoms with van der Waals surface area (Å²) in [6.45, 7) is 1.86. The van der Waals surface area contributed by atoms with Gasteiger partial charge in [-0.05, 0) is 19.1 Å². The van der Waals surface area contributed by atoms with Gasteiger partial charge in [-0.3, -0.25) is 0 Å². The van der Waals surface area contributed by atoms with Crippen LogP contribution in [0.15, 0.2) is 12.1 Å². The van der Waals surface area contributed by atoms with Gasteiger partial charge >= 0.3 is 0 Å². The molecule has 10 heavy (non-hydrogen) atoms. The van der Waals surface area contributed by atoms with Crippen molar-refractivity contribution in [2.45, 2.75) is 12.8 Å². The van der Waals surface area contributed by atoms with Crippen LogP contribution in [0.1, 0.15) is 17.7 Å². The second-order valence-corrected chi connectivity index (χ2v) is 3.74. The topological polar surface area (TPSA) is 23.8 Å². The minimum atomic E-state index is -0.0301. The second kappa shape index (κ2) is 3.05. The van der Waals surface area contributed by atoms with Crippen molar-refractivity contribution in [1.29, 1.82) is 5.26 Å². The van der Waals surface area contributed by atoms with E-state index in [1.807, 2.05) is 19.1 Å². The van der Waals surface area contributed by atoms with E-state index in [2.05, 4.69) is 6.07 Å². The fourth-order valence-electron chi connectivity index (χ4n) is 0.625. The molecular weight excluding hydrogens is 166 g/mol. The Morgan fingerprint density at radius 1 is 1.70 bits per heavy atom. The van der Waals surface area contributed by atoms with Gasteiger partial charge in [0.15, 0.2) is 0 Å². The van der Waals surface area contributed by atoms with Crippen LogP contribution in [0.25, 0.3) is 0 Å². The third kappa shape index (κ3) is 1.50. The molecule has 1 rings (SSSR count). The Balaban J connectivity index is 2.87. The molecule has 0 bridgehead atoms. The molecule has 1 aromatic heterocycles. The third-order valence-corrected chi connectivity index (χ3v) is 2.63. The van der Waals surface area contributed by atoms with Gasteiger partial charge in [0.1, 0.15) is 0 Å². The highest BCUT2D eigenvalue weighted by Gasteiger charge is 2.05. The number of nitrogens with zero attached hydrogens (tertiary/aromatic N) is 1. The first-order chi connectivity index (χ1) is 4.74. The van der Waals surface area contributed by atoms with E-state index in [0.717, 1.165) is 9.21 Å². The van der Waals surface area contributed by atoms with E-state index in [1.165, 1.54) is 11.3 Å². The Bertz CT molecular complexity index is 261. The van der Waals surface area contributed by atoms with Crippen molar-refractivity contribution >= 4 is 22.9 Å². The van der Waals surface area contributed by atoms with Gasteiger partial charge in [-0.2, -0.15) is 5.26 Å². The molecule has 1 unspecified atom stereocenters. The highest BCUT2D eigenvalue weighted by molar-refractivity contribution is 7.16. The monoisotopic (exact) mass is 171 g/mol. The fraction of sp³-hybridized carbons (Fsp3) is 0.286. The molecule has 3 heteroatoms. The van der Waals surface area contributed by atoms with Crippen molar-refractivity contribution in [3.05, 3.63) is 21.3 Å². The van der Waals surface area contributed by atoms with Crippen molar-refractivity contribution in [2.24, 2.45) is 0 Å². The number of nitriles is 1. The number of rotatable bonds is 1. The molecule has 1 nitrogen and oxygen atoms in total. The zero-order valence-electron chi connectivity index (χ0n) is 5.47. The van der Waals surface area contributed by atoms with Crippen LogP contribution >= 0.6 is 22.9 Å². The van der Waals surface area contributed by atoms with Gasteiger partial charge in [0.2, 0.25) is 0 Å². The molecule has 1 heterocycles. The Labute approximate surface area is 68.9 Å². The van der Waals surface area contributed by atoms with E-state index in [0.29, 0.717) is 0 Å². The summed E-state index contributed by atoms with van der Waals surface area (Å²) in [6.07, 6.45) is 0. The number of hydrogen-bond acceptors (Lipinski definition) is 2. The highest BCUT2D eigenvalue weighted by Crippen LogP contribution is 2.27. The lowest BCUT2D eigenvalue weighted by atomic mass is 10.2. The molecule has 0 aliphatic rings. The van der Waals surface area contributed by atoms with Gasteiger partial charge in [-0.25, -0.2) is 0 Å². The van der Waals surface area contributed by atoms with Gasteiger partial charge in [0, 0.05) is 4.88 Å². The first kappa shape index (κ1) is 7.59. The highest BCUT2D eigenvalue weighted by atomic mass is 35.5. The zero-order valence-corrected chi connectivity index (χ0v) is 7.04. The molecule has 0 aliphatic carbocycles. The van der Waals surface area contributed by atoms with Gasteiger partial charge in [-0.1, -0.05) is 11.6 Å². The molecule has 0 saturated carbocycles. The van der Waals surface area contributed by atoms with Crippen molar-refractivity contribution in [3.63, 3.8) is 0 Å². The third-order valence-electron chi connectivity index (χ3n) is 1.21. The summed E-state index contributed by atoms with van der Waals surface area (Å²) in [4.78, 5) is 1.03. The molecule has 0 radical (unpaired) electrons. The first-order valence-electron chi connectivity index (χ1n) is 2.89. The van der Waals surface area contributed by atoms with Gasteiger partial charge in [-0.15, -0.1) is 11.3 Å². The van der Waals surface area contributed by atoms with Crippen LogP contribution in [0.5, 0.6) is 0 Å². The SMILES string of the molecule is CC(C#N)c1ccc(Cl)s1. The second-order valence-electron chi connectivity index (χ2n) is 1.99. The van der Waals surface area contributed by atoms with E-state index in [-0.39, 0.29) is 5.92 Å². The largest absolute Gasteiger partial charge is 0.198 e. The molecule has 52 valence electrons. The number of thiophene rings is 1. The van der Waals surface area contributed by atoms with Crippen molar-refractivity contribution in [2.75, 3.05) is 0 Å². The Morgan fingerprint density at radius 2 is 2.40 bits per heavy atom. The molecule has 1 atom stereocenters. The summed E-state index contributed by atoms with van der Waals surface area (Å²) in [6, 6.07) is 5.85. The van der Waals surface area contributed by atoms with Crippen LogP contribution in [0, 0.1) is 11.3 Å².